The van der Waals surface area contributed by atoms with Crippen molar-refractivity contribution >= 4 is 34.8 Å². The summed E-state index contributed by atoms with van der Waals surface area (Å²) in [6.45, 7) is 0. The first-order valence-electron chi connectivity index (χ1n) is 5.77. The third kappa shape index (κ3) is 4.18. The summed E-state index contributed by atoms with van der Waals surface area (Å²) in [6, 6.07) is 3.56. The Morgan fingerprint density at radius 1 is 1.09 bits per heavy atom. The molecule has 23 heavy (non-hydrogen) atoms. The molecule has 2 rings (SSSR count). The van der Waals surface area contributed by atoms with E-state index in [0.717, 1.165) is 23.9 Å². The molecule has 1 aromatic rings. The minimum atomic E-state index is -5.06. The number of hydrogen-bond donors (Lipinski definition) is 2. The lowest BCUT2D eigenvalue weighted by atomic mass is 10.2. The van der Waals surface area contributed by atoms with Crippen LogP contribution in [0.2, 0.25) is 0 Å². The second kappa shape index (κ2) is 5.80. The summed E-state index contributed by atoms with van der Waals surface area (Å²) in [7, 11) is 0. The van der Waals surface area contributed by atoms with E-state index in [9.17, 15) is 35.9 Å². The van der Waals surface area contributed by atoms with E-state index < -0.39 is 24.0 Å². The zero-order valence-electron chi connectivity index (χ0n) is 10.8. The number of rotatable bonds is 2. The summed E-state index contributed by atoms with van der Waals surface area (Å²) >= 11 is 0.726. The highest BCUT2D eigenvalue weighted by Crippen LogP contribution is 2.42. The van der Waals surface area contributed by atoms with Crippen molar-refractivity contribution in [3.8, 4) is 0 Å². The van der Waals surface area contributed by atoms with Crippen LogP contribution in [-0.4, -0.2) is 24.0 Å². The van der Waals surface area contributed by atoms with Crippen molar-refractivity contribution in [1.29, 1.82) is 0 Å². The third-order valence-electron chi connectivity index (χ3n) is 2.52. The molecule has 1 aliphatic rings. The van der Waals surface area contributed by atoms with E-state index in [-0.39, 0.29) is 15.6 Å². The number of benzene rings is 1. The number of alkyl halides is 6. The number of ketones is 1. The fourth-order valence-electron chi connectivity index (χ4n) is 1.53. The van der Waals surface area contributed by atoms with Crippen LogP contribution in [0.4, 0.5) is 37.7 Å². The standard InChI is InChI=1S/C12H6F6N2O2S/c13-11(14,15)8(21)4-9-20-6-2-1-5(3-7(6)23-9)19-10(22)12(16,17)18/h1-4,20H,(H,19,22)/b9-4+. The number of amides is 1. The van der Waals surface area contributed by atoms with E-state index in [0.29, 0.717) is 11.8 Å². The highest BCUT2D eigenvalue weighted by atomic mass is 32.2. The second-order valence-corrected chi connectivity index (χ2v) is 5.34. The quantitative estimate of drug-likeness (QED) is 0.627. The van der Waals surface area contributed by atoms with E-state index in [2.05, 4.69) is 5.32 Å². The van der Waals surface area contributed by atoms with E-state index in [1.54, 1.807) is 5.32 Å². The molecule has 0 radical (unpaired) electrons. The van der Waals surface area contributed by atoms with Gasteiger partial charge in [-0.2, -0.15) is 26.3 Å². The molecular formula is C12H6F6N2O2S. The number of halogens is 6. The van der Waals surface area contributed by atoms with Crippen molar-refractivity contribution in [2.75, 3.05) is 10.6 Å². The van der Waals surface area contributed by atoms with Crippen LogP contribution in [0.1, 0.15) is 0 Å². The van der Waals surface area contributed by atoms with Crippen molar-refractivity contribution < 1.29 is 35.9 Å². The maximum Gasteiger partial charge on any atom is 0.471 e. The van der Waals surface area contributed by atoms with E-state index >= 15 is 0 Å². The fourth-order valence-corrected chi connectivity index (χ4v) is 2.51. The third-order valence-corrected chi connectivity index (χ3v) is 3.51. The Labute approximate surface area is 128 Å². The predicted molar refractivity (Wildman–Crippen MR) is 69.8 cm³/mol. The normalized spacial score (nSPS) is 16.0. The van der Waals surface area contributed by atoms with Crippen LogP contribution in [0.25, 0.3) is 0 Å². The fraction of sp³-hybridized carbons (Fsp3) is 0.167. The topological polar surface area (TPSA) is 58.2 Å². The van der Waals surface area contributed by atoms with Gasteiger partial charge in [0.1, 0.15) is 0 Å². The van der Waals surface area contributed by atoms with Crippen LogP contribution in [0.5, 0.6) is 0 Å². The van der Waals surface area contributed by atoms with Crippen LogP contribution in [0.3, 0.4) is 0 Å². The average Bonchev–Trinajstić information content (AvgIpc) is 2.77. The molecule has 0 fully saturated rings. The maximum atomic E-state index is 12.2. The zero-order chi connectivity index (χ0) is 17.4. The average molecular weight is 356 g/mol. The first-order chi connectivity index (χ1) is 10.5. The van der Waals surface area contributed by atoms with Gasteiger partial charge in [-0.1, -0.05) is 11.8 Å². The summed E-state index contributed by atoms with van der Waals surface area (Å²) < 4.78 is 72.9. The van der Waals surface area contributed by atoms with Gasteiger partial charge in [0.2, 0.25) is 0 Å². The minimum Gasteiger partial charge on any atom is -0.349 e. The number of anilines is 2. The molecule has 11 heteroatoms. The van der Waals surface area contributed by atoms with Gasteiger partial charge in [-0.25, -0.2) is 0 Å². The van der Waals surface area contributed by atoms with Crippen molar-refractivity contribution in [3.63, 3.8) is 0 Å². The van der Waals surface area contributed by atoms with E-state index in [1.807, 2.05) is 0 Å². The summed E-state index contributed by atoms with van der Waals surface area (Å²) in [5.41, 5.74) is 0.130. The lowest BCUT2D eigenvalue weighted by Crippen LogP contribution is -2.29. The zero-order valence-corrected chi connectivity index (χ0v) is 11.6. The number of fused-ring (bicyclic) bond motifs is 1. The molecular weight excluding hydrogens is 350 g/mol. The number of nitrogens with one attached hydrogen (secondary N) is 2. The molecule has 4 nitrogen and oxygen atoms in total. The largest absolute Gasteiger partial charge is 0.471 e. The molecule has 0 spiro atoms. The minimum absolute atomic E-state index is 0.123. The molecule has 0 aliphatic carbocycles. The Morgan fingerprint density at radius 3 is 2.30 bits per heavy atom. The lowest BCUT2D eigenvalue weighted by Gasteiger charge is -2.08. The maximum absolute atomic E-state index is 12.2. The van der Waals surface area contributed by atoms with Gasteiger partial charge in [0.05, 0.1) is 10.7 Å². The number of carbonyl (C=O) groups excluding carboxylic acids is 2. The highest BCUT2D eigenvalue weighted by molar-refractivity contribution is 8.03. The Kier molecular flexibility index (Phi) is 4.33. The molecule has 0 bridgehead atoms. The predicted octanol–water partition coefficient (Wildman–Crippen LogP) is 3.68. The number of hydrogen-bond acceptors (Lipinski definition) is 4. The molecule has 2 N–H and O–H groups in total. The van der Waals surface area contributed by atoms with Gasteiger partial charge in [0.15, 0.2) is 0 Å². The summed E-state index contributed by atoms with van der Waals surface area (Å²) in [4.78, 5) is 21.9. The molecule has 1 aromatic carbocycles. The van der Waals surface area contributed by atoms with Gasteiger partial charge in [-0.05, 0) is 18.2 Å². The van der Waals surface area contributed by atoms with Gasteiger partial charge in [0, 0.05) is 16.7 Å². The van der Waals surface area contributed by atoms with Crippen molar-refractivity contribution in [2.24, 2.45) is 0 Å². The summed E-state index contributed by atoms with van der Waals surface area (Å²) in [6.07, 6.45) is -9.73. The lowest BCUT2D eigenvalue weighted by molar-refractivity contribution is -0.167. The Balaban J connectivity index is 2.14. The molecule has 0 aromatic heterocycles. The smallest absolute Gasteiger partial charge is 0.349 e. The highest BCUT2D eigenvalue weighted by Gasteiger charge is 2.39. The van der Waals surface area contributed by atoms with Crippen LogP contribution >= 0.6 is 11.8 Å². The Hall–Kier alpha value is -2.17. The number of thioether (sulfide) groups is 1. The van der Waals surface area contributed by atoms with Crippen molar-refractivity contribution in [1.82, 2.24) is 0 Å². The Morgan fingerprint density at radius 2 is 1.74 bits per heavy atom. The number of carbonyl (C=O) groups is 2. The van der Waals surface area contributed by atoms with Gasteiger partial charge >= 0.3 is 18.3 Å². The van der Waals surface area contributed by atoms with Crippen LogP contribution in [0, 0.1) is 0 Å². The summed E-state index contributed by atoms with van der Waals surface area (Å²) in [5, 5.41) is 4.01. The first-order valence-corrected chi connectivity index (χ1v) is 6.58. The number of allylic oxidation sites excluding steroid dienone is 1. The molecule has 0 saturated heterocycles. The SMILES string of the molecule is O=C(/C=C1\Nc2ccc(NC(=O)C(F)(F)F)cc2S1)C(F)(F)F. The van der Waals surface area contributed by atoms with Gasteiger partial charge < -0.3 is 10.6 Å². The van der Waals surface area contributed by atoms with Gasteiger partial charge in [-0.15, -0.1) is 0 Å². The monoisotopic (exact) mass is 356 g/mol. The molecule has 0 saturated carbocycles. The molecule has 0 unspecified atom stereocenters. The molecule has 1 amide bonds. The first kappa shape index (κ1) is 17.2. The van der Waals surface area contributed by atoms with Crippen LogP contribution in [0.15, 0.2) is 34.2 Å². The Bertz CT molecular complexity index is 696. The van der Waals surface area contributed by atoms with Crippen LogP contribution < -0.4 is 10.6 Å². The van der Waals surface area contributed by atoms with Crippen LogP contribution in [-0.2, 0) is 9.59 Å². The molecule has 0 atom stereocenters. The summed E-state index contributed by atoms with van der Waals surface area (Å²) in [5.74, 6) is -4.23. The molecule has 1 aliphatic heterocycles. The molecule has 1 heterocycles. The van der Waals surface area contributed by atoms with Gasteiger partial charge in [-0.3, -0.25) is 9.59 Å². The van der Waals surface area contributed by atoms with E-state index in [1.165, 1.54) is 6.07 Å². The van der Waals surface area contributed by atoms with Crippen molar-refractivity contribution in [3.05, 3.63) is 29.3 Å². The second-order valence-electron chi connectivity index (χ2n) is 4.26. The molecule has 124 valence electrons. The van der Waals surface area contributed by atoms with E-state index in [4.69, 9.17) is 0 Å². The van der Waals surface area contributed by atoms with Gasteiger partial charge in [0.25, 0.3) is 5.78 Å². The van der Waals surface area contributed by atoms with Crippen molar-refractivity contribution in [2.45, 2.75) is 17.2 Å².